The van der Waals surface area contributed by atoms with E-state index >= 15 is 0 Å². The van der Waals surface area contributed by atoms with Gasteiger partial charge in [-0.1, -0.05) is 12.1 Å². The molecule has 2 aromatic heterocycles. The quantitative estimate of drug-likeness (QED) is 0.745. The van der Waals surface area contributed by atoms with Crippen molar-refractivity contribution in [1.82, 2.24) is 30.2 Å². The molecular weight excluding hydrogens is 340 g/mol. The second-order valence-electron chi connectivity index (χ2n) is 7.17. The Bertz CT molecular complexity index is 887. The average Bonchev–Trinajstić information content (AvgIpc) is 3.09. The van der Waals surface area contributed by atoms with E-state index < -0.39 is 0 Å². The minimum atomic E-state index is -0.0355. The van der Waals surface area contributed by atoms with Crippen LogP contribution in [0.5, 0.6) is 0 Å². The highest BCUT2D eigenvalue weighted by atomic mass is 16.2. The van der Waals surface area contributed by atoms with Crippen molar-refractivity contribution in [3.63, 3.8) is 0 Å². The first kappa shape index (κ1) is 17.5. The zero-order valence-electron chi connectivity index (χ0n) is 15.5. The van der Waals surface area contributed by atoms with E-state index in [1.807, 2.05) is 36.1 Å². The Morgan fingerprint density at radius 3 is 3.00 bits per heavy atom. The van der Waals surface area contributed by atoms with E-state index in [-0.39, 0.29) is 6.03 Å². The normalized spacial score (nSPS) is 17.2. The third-order valence-electron chi connectivity index (χ3n) is 4.98. The number of piperidine rings is 1. The maximum atomic E-state index is 12.5. The number of hydrogen-bond donors (Lipinski definition) is 2. The zero-order chi connectivity index (χ0) is 18.6. The Morgan fingerprint density at radius 1 is 1.30 bits per heavy atom. The molecular formula is C20H24N6O. The minimum Gasteiger partial charge on any atom is -0.342 e. The van der Waals surface area contributed by atoms with Crippen molar-refractivity contribution in [2.24, 2.45) is 5.92 Å². The van der Waals surface area contributed by atoms with Crippen LogP contribution >= 0.6 is 0 Å². The second-order valence-corrected chi connectivity index (χ2v) is 7.17. The lowest BCUT2D eigenvalue weighted by molar-refractivity contribution is 0.164. The van der Waals surface area contributed by atoms with Gasteiger partial charge in [0.2, 0.25) is 0 Å². The van der Waals surface area contributed by atoms with Crippen LogP contribution in [0.25, 0.3) is 11.0 Å². The van der Waals surface area contributed by atoms with Gasteiger partial charge in [0.25, 0.3) is 0 Å². The number of nitrogens with one attached hydrogen (secondary N) is 2. The topological polar surface area (TPSA) is 86.8 Å². The van der Waals surface area contributed by atoms with E-state index in [0.29, 0.717) is 12.5 Å². The van der Waals surface area contributed by atoms with Crippen LogP contribution in [0.1, 0.15) is 30.1 Å². The fourth-order valence-electron chi connectivity index (χ4n) is 3.58. The molecule has 3 aromatic rings. The largest absolute Gasteiger partial charge is 0.342 e. The summed E-state index contributed by atoms with van der Waals surface area (Å²) < 4.78 is 0. The lowest BCUT2D eigenvalue weighted by atomic mass is 9.95. The summed E-state index contributed by atoms with van der Waals surface area (Å²) in [5.74, 6) is 1.42. The molecule has 0 unspecified atom stereocenters. The van der Waals surface area contributed by atoms with Gasteiger partial charge in [-0.2, -0.15) is 0 Å². The van der Waals surface area contributed by atoms with Crippen molar-refractivity contribution in [2.45, 2.75) is 32.7 Å². The van der Waals surface area contributed by atoms with Crippen LogP contribution in [0.4, 0.5) is 4.79 Å². The molecule has 0 saturated carbocycles. The number of benzene rings is 1. The first-order valence-electron chi connectivity index (χ1n) is 9.41. The summed E-state index contributed by atoms with van der Waals surface area (Å²) in [5.41, 5.74) is 3.70. The number of aromatic amines is 1. The van der Waals surface area contributed by atoms with Crippen LogP contribution in [0.3, 0.4) is 0 Å². The summed E-state index contributed by atoms with van der Waals surface area (Å²) in [4.78, 5) is 31.0. The number of para-hydroxylation sites is 2. The third kappa shape index (κ3) is 4.24. The number of fused-ring (bicyclic) bond motifs is 1. The number of aryl methyl sites for hydroxylation is 1. The van der Waals surface area contributed by atoms with E-state index in [1.165, 1.54) is 0 Å². The Labute approximate surface area is 158 Å². The van der Waals surface area contributed by atoms with Crippen molar-refractivity contribution in [1.29, 1.82) is 0 Å². The molecule has 2 amide bonds. The number of amides is 2. The van der Waals surface area contributed by atoms with Gasteiger partial charge in [0.1, 0.15) is 5.82 Å². The standard InChI is InChI=1S/C20H24N6O/c1-14-10-22-16(11-21-14)12-23-20(27)26-8-4-5-15(13-26)9-19-24-17-6-2-3-7-18(17)25-19/h2-3,6-7,10-11,15H,4-5,8-9,12-13H2,1H3,(H,23,27)(H,24,25)/t15-/m1/s1. The molecule has 0 aliphatic carbocycles. The minimum absolute atomic E-state index is 0.0355. The summed E-state index contributed by atoms with van der Waals surface area (Å²) >= 11 is 0. The number of aromatic nitrogens is 4. The Balaban J connectivity index is 1.33. The molecule has 0 radical (unpaired) electrons. The Kier molecular flexibility index (Phi) is 5.00. The maximum Gasteiger partial charge on any atom is 0.317 e. The zero-order valence-corrected chi connectivity index (χ0v) is 15.5. The molecule has 27 heavy (non-hydrogen) atoms. The van der Waals surface area contributed by atoms with Gasteiger partial charge in [-0.05, 0) is 37.8 Å². The first-order chi connectivity index (χ1) is 13.2. The molecule has 1 atom stereocenters. The molecule has 1 aliphatic rings. The second kappa shape index (κ2) is 7.73. The highest BCUT2D eigenvalue weighted by molar-refractivity contribution is 5.75. The monoisotopic (exact) mass is 364 g/mol. The molecule has 1 aliphatic heterocycles. The van der Waals surface area contributed by atoms with Gasteiger partial charge < -0.3 is 15.2 Å². The molecule has 1 fully saturated rings. The lowest BCUT2D eigenvalue weighted by Crippen LogP contribution is -2.45. The van der Waals surface area contributed by atoms with Gasteiger partial charge in [-0.3, -0.25) is 9.97 Å². The van der Waals surface area contributed by atoms with Gasteiger partial charge in [0, 0.05) is 25.7 Å². The number of rotatable bonds is 4. The number of nitrogens with zero attached hydrogens (tertiary/aromatic N) is 4. The van der Waals surface area contributed by atoms with Crippen LogP contribution in [0, 0.1) is 12.8 Å². The SMILES string of the molecule is Cc1cnc(CNC(=O)N2CCC[C@H](Cc3nc4ccccc4[nH]3)C2)cn1. The van der Waals surface area contributed by atoms with Crippen LogP contribution < -0.4 is 5.32 Å². The van der Waals surface area contributed by atoms with Crippen molar-refractivity contribution in [3.8, 4) is 0 Å². The number of hydrogen-bond acceptors (Lipinski definition) is 4. The van der Waals surface area contributed by atoms with Crippen LogP contribution in [0.15, 0.2) is 36.7 Å². The van der Waals surface area contributed by atoms with Gasteiger partial charge in [0.15, 0.2) is 0 Å². The predicted octanol–water partition coefficient (Wildman–Crippen LogP) is 2.83. The molecule has 3 heterocycles. The average molecular weight is 364 g/mol. The fourth-order valence-corrected chi connectivity index (χ4v) is 3.58. The summed E-state index contributed by atoms with van der Waals surface area (Å²) in [6.45, 7) is 3.84. The van der Waals surface area contributed by atoms with E-state index in [0.717, 1.165) is 60.6 Å². The van der Waals surface area contributed by atoms with E-state index in [2.05, 4.69) is 25.3 Å². The number of imidazole rings is 1. The highest BCUT2D eigenvalue weighted by Gasteiger charge is 2.24. The lowest BCUT2D eigenvalue weighted by Gasteiger charge is -2.32. The molecule has 4 rings (SSSR count). The van der Waals surface area contributed by atoms with Gasteiger partial charge >= 0.3 is 6.03 Å². The van der Waals surface area contributed by atoms with Gasteiger partial charge in [-0.15, -0.1) is 0 Å². The molecule has 1 saturated heterocycles. The molecule has 0 bridgehead atoms. The maximum absolute atomic E-state index is 12.5. The predicted molar refractivity (Wildman–Crippen MR) is 103 cm³/mol. The highest BCUT2D eigenvalue weighted by Crippen LogP contribution is 2.21. The van der Waals surface area contributed by atoms with Crippen LogP contribution in [-0.4, -0.2) is 44.0 Å². The number of carbonyl (C=O) groups excluding carboxylic acids is 1. The molecule has 7 heteroatoms. The number of likely N-dealkylation sites (tertiary alicyclic amines) is 1. The van der Waals surface area contributed by atoms with Gasteiger partial charge in [-0.25, -0.2) is 9.78 Å². The summed E-state index contributed by atoms with van der Waals surface area (Å²) in [6.07, 6.45) is 6.41. The molecule has 7 nitrogen and oxygen atoms in total. The molecule has 2 N–H and O–H groups in total. The van der Waals surface area contributed by atoms with Crippen LogP contribution in [0.2, 0.25) is 0 Å². The van der Waals surface area contributed by atoms with Crippen molar-refractivity contribution < 1.29 is 4.79 Å². The smallest absolute Gasteiger partial charge is 0.317 e. The molecule has 1 aromatic carbocycles. The summed E-state index contributed by atoms with van der Waals surface area (Å²) in [5, 5.41) is 2.96. The Hall–Kier alpha value is -2.96. The van der Waals surface area contributed by atoms with Crippen molar-refractivity contribution in [2.75, 3.05) is 13.1 Å². The third-order valence-corrected chi connectivity index (χ3v) is 4.98. The first-order valence-corrected chi connectivity index (χ1v) is 9.41. The van der Waals surface area contributed by atoms with Crippen LogP contribution in [-0.2, 0) is 13.0 Å². The van der Waals surface area contributed by atoms with E-state index in [9.17, 15) is 4.79 Å². The fraction of sp³-hybridized carbons (Fsp3) is 0.400. The number of urea groups is 1. The van der Waals surface area contributed by atoms with E-state index in [4.69, 9.17) is 0 Å². The Morgan fingerprint density at radius 2 is 2.19 bits per heavy atom. The van der Waals surface area contributed by atoms with Crippen molar-refractivity contribution in [3.05, 3.63) is 53.9 Å². The molecule has 0 spiro atoms. The number of H-pyrrole nitrogens is 1. The summed E-state index contributed by atoms with van der Waals surface area (Å²) in [7, 11) is 0. The van der Waals surface area contributed by atoms with E-state index in [1.54, 1.807) is 12.4 Å². The number of carbonyl (C=O) groups is 1. The molecule has 140 valence electrons. The van der Waals surface area contributed by atoms with Crippen molar-refractivity contribution >= 4 is 17.1 Å². The summed E-state index contributed by atoms with van der Waals surface area (Å²) in [6, 6.07) is 8.03. The van der Waals surface area contributed by atoms with Gasteiger partial charge in [0.05, 0.1) is 35.2 Å².